The molecule has 0 aromatic heterocycles. The van der Waals surface area contributed by atoms with Gasteiger partial charge in [0.2, 0.25) is 5.91 Å². The molecular formula is C69H115N2O7P. The summed E-state index contributed by atoms with van der Waals surface area (Å²) in [5, 5.41) is 2.98. The maximum atomic E-state index is 13.5. The van der Waals surface area contributed by atoms with Gasteiger partial charge in [-0.1, -0.05) is 238 Å². The van der Waals surface area contributed by atoms with Crippen LogP contribution in [0.1, 0.15) is 226 Å². The summed E-state index contributed by atoms with van der Waals surface area (Å²) >= 11 is 0. The van der Waals surface area contributed by atoms with E-state index < -0.39 is 26.6 Å². The minimum Gasteiger partial charge on any atom is -0.756 e. The van der Waals surface area contributed by atoms with Crippen LogP contribution in [0.15, 0.2) is 146 Å². The molecule has 1 N–H and O–H groups in total. The Morgan fingerprint density at radius 1 is 0.456 bits per heavy atom. The number of hydrogen-bond donors (Lipinski definition) is 1. The molecule has 0 aromatic carbocycles. The van der Waals surface area contributed by atoms with Crippen LogP contribution < -0.4 is 10.2 Å². The van der Waals surface area contributed by atoms with Gasteiger partial charge in [0.1, 0.15) is 19.3 Å². The van der Waals surface area contributed by atoms with Crippen molar-refractivity contribution in [2.45, 2.75) is 238 Å². The highest BCUT2D eigenvalue weighted by Gasteiger charge is 2.27. The topological polar surface area (TPSA) is 114 Å². The monoisotopic (exact) mass is 1110 g/mol. The molecule has 0 bridgehead atoms. The Morgan fingerprint density at radius 3 is 1.24 bits per heavy atom. The van der Waals surface area contributed by atoms with Crippen LogP contribution in [-0.4, -0.2) is 69.4 Å². The Bertz CT molecular complexity index is 1860. The van der Waals surface area contributed by atoms with Crippen molar-refractivity contribution in [1.82, 2.24) is 5.32 Å². The molecule has 448 valence electrons. The average molecular weight is 1120 g/mol. The second-order valence-electron chi connectivity index (χ2n) is 21.4. The molecule has 0 rings (SSSR count). The number of carbonyl (C=O) groups is 2. The Kier molecular flexibility index (Phi) is 54.2. The fraction of sp³-hybridized carbons (Fsp3) is 0.623. The second kappa shape index (κ2) is 57.1. The van der Waals surface area contributed by atoms with E-state index in [1.165, 1.54) is 44.9 Å². The van der Waals surface area contributed by atoms with Crippen LogP contribution in [0, 0.1) is 0 Å². The van der Waals surface area contributed by atoms with E-state index in [2.05, 4.69) is 160 Å². The molecule has 0 radical (unpaired) electrons. The zero-order chi connectivity index (χ0) is 57.9. The van der Waals surface area contributed by atoms with Gasteiger partial charge in [-0.05, 0) is 122 Å². The van der Waals surface area contributed by atoms with E-state index in [4.69, 9.17) is 13.8 Å². The summed E-state index contributed by atoms with van der Waals surface area (Å²) in [4.78, 5) is 39.9. The molecule has 10 heteroatoms. The Balaban J connectivity index is 5.29. The zero-order valence-corrected chi connectivity index (χ0v) is 51.9. The predicted molar refractivity (Wildman–Crippen MR) is 339 cm³/mol. The lowest BCUT2D eigenvalue weighted by Crippen LogP contribution is -2.47. The highest BCUT2D eigenvalue weighted by atomic mass is 31.2. The Morgan fingerprint density at radius 2 is 0.823 bits per heavy atom. The van der Waals surface area contributed by atoms with Gasteiger partial charge in [0.05, 0.1) is 33.8 Å². The number of rotatable bonds is 54. The Labute approximate surface area is 485 Å². The number of likely N-dealkylation sites (N-methyl/N-ethyl adjacent to an activating group) is 1. The van der Waals surface area contributed by atoms with E-state index in [1.807, 2.05) is 27.2 Å². The minimum atomic E-state index is -4.73. The van der Waals surface area contributed by atoms with Crippen LogP contribution in [0.5, 0.6) is 0 Å². The molecule has 0 spiro atoms. The van der Waals surface area contributed by atoms with Crippen molar-refractivity contribution in [3.05, 3.63) is 146 Å². The number of nitrogens with one attached hydrogen (secondary N) is 1. The molecule has 9 nitrogen and oxygen atoms in total. The molecule has 0 aromatic rings. The third-order valence-electron chi connectivity index (χ3n) is 12.8. The normalized spacial score (nSPS) is 14.7. The number of ether oxygens (including phenoxy) is 1. The first-order chi connectivity index (χ1) is 38.4. The molecule has 0 aliphatic rings. The number of amides is 1. The summed E-state index contributed by atoms with van der Waals surface area (Å²) in [6.45, 7) is 6.53. The number of nitrogens with zero attached hydrogens (tertiary/aromatic N) is 1. The molecule has 3 unspecified atom stereocenters. The van der Waals surface area contributed by atoms with E-state index in [9.17, 15) is 19.0 Å². The van der Waals surface area contributed by atoms with Crippen molar-refractivity contribution in [3.63, 3.8) is 0 Å². The highest BCUT2D eigenvalue weighted by molar-refractivity contribution is 7.45. The van der Waals surface area contributed by atoms with Crippen LogP contribution in [0.2, 0.25) is 0 Å². The van der Waals surface area contributed by atoms with Crippen LogP contribution in [-0.2, 0) is 27.9 Å². The summed E-state index contributed by atoms with van der Waals surface area (Å²) in [6.07, 6.45) is 82.6. The largest absolute Gasteiger partial charge is 0.756 e. The van der Waals surface area contributed by atoms with Gasteiger partial charge < -0.3 is 28.5 Å². The lowest BCUT2D eigenvalue weighted by Gasteiger charge is -2.30. The van der Waals surface area contributed by atoms with Crippen LogP contribution in [0.3, 0.4) is 0 Å². The first-order valence-electron chi connectivity index (χ1n) is 31.1. The van der Waals surface area contributed by atoms with Gasteiger partial charge in [0.25, 0.3) is 7.82 Å². The number of allylic oxidation sites excluding steroid dienone is 23. The molecule has 0 aliphatic carbocycles. The molecule has 79 heavy (non-hydrogen) atoms. The molecule has 1 amide bonds. The summed E-state index contributed by atoms with van der Waals surface area (Å²) in [6, 6.07) is -0.935. The number of unbranched alkanes of at least 4 members (excludes halogenated alkanes) is 16. The van der Waals surface area contributed by atoms with E-state index in [0.29, 0.717) is 23.9 Å². The van der Waals surface area contributed by atoms with Gasteiger partial charge in [0, 0.05) is 12.8 Å². The smallest absolute Gasteiger partial charge is 0.306 e. The lowest BCUT2D eigenvalue weighted by atomic mass is 10.1. The zero-order valence-electron chi connectivity index (χ0n) is 51.0. The third-order valence-corrected chi connectivity index (χ3v) is 13.7. The fourth-order valence-corrected chi connectivity index (χ4v) is 8.75. The van der Waals surface area contributed by atoms with Crippen molar-refractivity contribution >= 4 is 19.7 Å². The predicted octanol–water partition coefficient (Wildman–Crippen LogP) is 18.8. The number of phosphoric acid groups is 1. The molecular weight excluding hydrogens is 1000 g/mol. The van der Waals surface area contributed by atoms with Crippen molar-refractivity contribution in [1.29, 1.82) is 0 Å². The lowest BCUT2D eigenvalue weighted by molar-refractivity contribution is -0.870. The van der Waals surface area contributed by atoms with Crippen LogP contribution >= 0.6 is 7.82 Å². The third kappa shape index (κ3) is 58.4. The number of carbonyl (C=O) groups excluding carboxylic acids is 2. The van der Waals surface area contributed by atoms with Gasteiger partial charge in [-0.25, -0.2) is 0 Å². The standard InChI is InChI=1S/C69H115N2O7P/c1-7-10-13-16-19-22-25-27-29-31-32-33-34-35-36-37-38-40-42-44-47-50-53-56-59-62-69(73)78-67(60-57-54-51-48-45-24-21-18-15-12-9-3)66(65-77-79(74,75)76-64-63-71(4,5)6)70-68(72)61-58-55-52-49-46-43-41-39-30-28-26-23-20-17-14-11-8-2/h10-11,13-14,19-20,22-23,27-30,32-33,35-36,38,40-41,43,49,52,57,60,66-67H,7-9,12,15-18,21,24-26,31,34,37,39,42,44-48,50-51,53-56,58-59,61-65H2,1-6H3,(H-,70,72,74,75)/b13-10-,14-11-,22-19-,23-20-,29-27-,30-28-,33-32-,36-35-,40-38-,43-41-,52-49-,60-57-. The van der Waals surface area contributed by atoms with E-state index in [0.717, 1.165) is 135 Å². The maximum Gasteiger partial charge on any atom is 0.306 e. The number of phosphoric ester groups is 1. The molecule has 0 fully saturated rings. The minimum absolute atomic E-state index is 0.0440. The summed E-state index contributed by atoms with van der Waals surface area (Å²) in [7, 11) is 1.12. The number of quaternary nitrogens is 1. The summed E-state index contributed by atoms with van der Waals surface area (Å²) in [5.41, 5.74) is 0. The maximum absolute atomic E-state index is 13.5. The van der Waals surface area contributed by atoms with Gasteiger partial charge >= 0.3 is 5.97 Å². The molecule has 0 heterocycles. The van der Waals surface area contributed by atoms with Crippen molar-refractivity contribution in [2.75, 3.05) is 40.9 Å². The van der Waals surface area contributed by atoms with E-state index in [1.54, 1.807) is 6.08 Å². The second-order valence-corrected chi connectivity index (χ2v) is 22.9. The highest BCUT2D eigenvalue weighted by Crippen LogP contribution is 2.38. The molecule has 3 atom stereocenters. The molecule has 0 saturated carbocycles. The fourth-order valence-electron chi connectivity index (χ4n) is 8.03. The average Bonchev–Trinajstić information content (AvgIpc) is 3.41. The SMILES string of the molecule is CC/C=C\C/C=C\C/C=C\C/C=C\C/C=C\C/C=C\CCCCCCCCC(=O)OC(/C=C\CCCCCCCCCCC)C(COP(=O)([O-])OCC[N+](C)(C)C)NC(=O)CCC/C=C\C/C=C\C/C=C\C/C=C\C/C=C\CC. The van der Waals surface area contributed by atoms with Crippen molar-refractivity contribution in [3.8, 4) is 0 Å². The van der Waals surface area contributed by atoms with Gasteiger partial charge in [-0.3, -0.25) is 14.2 Å². The summed E-state index contributed by atoms with van der Waals surface area (Å²) < 4.78 is 30.2. The van der Waals surface area contributed by atoms with Crippen molar-refractivity contribution in [2.24, 2.45) is 0 Å². The quantitative estimate of drug-likeness (QED) is 0.0212. The number of esters is 1. The van der Waals surface area contributed by atoms with E-state index >= 15 is 0 Å². The van der Waals surface area contributed by atoms with Crippen LogP contribution in [0.25, 0.3) is 0 Å². The van der Waals surface area contributed by atoms with E-state index in [-0.39, 0.29) is 31.3 Å². The first kappa shape index (κ1) is 74.9. The summed E-state index contributed by atoms with van der Waals surface area (Å²) in [5.74, 6) is -0.639. The van der Waals surface area contributed by atoms with Crippen LogP contribution in [0.4, 0.5) is 0 Å². The molecule has 0 aliphatic heterocycles. The van der Waals surface area contributed by atoms with Gasteiger partial charge in [-0.2, -0.15) is 0 Å². The van der Waals surface area contributed by atoms with Gasteiger partial charge in [-0.15, -0.1) is 0 Å². The van der Waals surface area contributed by atoms with Gasteiger partial charge in [0.15, 0.2) is 0 Å². The number of hydrogen-bond acceptors (Lipinski definition) is 7. The molecule has 0 saturated heterocycles. The Hall–Kier alpha value is -4.11. The van der Waals surface area contributed by atoms with Crippen molar-refractivity contribution < 1.29 is 37.3 Å². The first-order valence-corrected chi connectivity index (χ1v) is 32.6.